The molecule has 0 spiro atoms. The Hall–Kier alpha value is -3.60. The number of para-hydroxylation sites is 1. The molecule has 1 heterocycles. The van der Waals surface area contributed by atoms with E-state index in [4.69, 9.17) is 4.74 Å². The van der Waals surface area contributed by atoms with E-state index in [1.807, 2.05) is 78.9 Å². The molecule has 1 aliphatic rings. The Balaban J connectivity index is 1.34. The normalized spacial score (nSPS) is 13.6. The molecular formula is C24H23N3O2. The van der Waals surface area contributed by atoms with Crippen LogP contribution in [0.5, 0.6) is 11.5 Å². The fourth-order valence-corrected chi connectivity index (χ4v) is 3.31. The summed E-state index contributed by atoms with van der Waals surface area (Å²) in [5, 5.41) is 4.08. The molecule has 146 valence electrons. The molecule has 0 aromatic heterocycles. The van der Waals surface area contributed by atoms with Crippen LogP contribution in [0.4, 0.5) is 5.69 Å². The van der Waals surface area contributed by atoms with Gasteiger partial charge in [-0.05, 0) is 66.9 Å². The van der Waals surface area contributed by atoms with Crippen LogP contribution in [0.25, 0.3) is 0 Å². The number of nitrogens with zero attached hydrogens (tertiary/aromatic N) is 2. The first kappa shape index (κ1) is 18.7. The molecule has 1 N–H and O–H groups in total. The summed E-state index contributed by atoms with van der Waals surface area (Å²) in [6.07, 6.45) is 4.07. The Labute approximate surface area is 170 Å². The number of hydrogen-bond acceptors (Lipinski definition) is 4. The third-order valence-electron chi connectivity index (χ3n) is 4.82. The summed E-state index contributed by atoms with van der Waals surface area (Å²) in [6.45, 7) is 2.17. The SMILES string of the molecule is O=C(N/N=C\c1cccc(Oc2ccccc2)c1)c1ccc(N2CCCC2)cc1. The van der Waals surface area contributed by atoms with E-state index in [0.29, 0.717) is 11.3 Å². The molecule has 0 unspecified atom stereocenters. The predicted octanol–water partition coefficient (Wildman–Crippen LogP) is 4.84. The summed E-state index contributed by atoms with van der Waals surface area (Å²) in [4.78, 5) is 14.7. The van der Waals surface area contributed by atoms with Crippen LogP contribution in [-0.4, -0.2) is 25.2 Å². The van der Waals surface area contributed by atoms with Crippen LogP contribution in [-0.2, 0) is 0 Å². The maximum absolute atomic E-state index is 12.3. The lowest BCUT2D eigenvalue weighted by Gasteiger charge is -2.17. The minimum Gasteiger partial charge on any atom is -0.457 e. The maximum atomic E-state index is 12.3. The smallest absolute Gasteiger partial charge is 0.271 e. The van der Waals surface area contributed by atoms with Crippen molar-refractivity contribution in [1.82, 2.24) is 5.43 Å². The first-order chi connectivity index (χ1) is 14.3. The Morgan fingerprint density at radius 2 is 1.62 bits per heavy atom. The van der Waals surface area contributed by atoms with E-state index in [2.05, 4.69) is 15.4 Å². The van der Waals surface area contributed by atoms with Crippen molar-refractivity contribution in [2.24, 2.45) is 5.10 Å². The molecule has 1 aliphatic heterocycles. The van der Waals surface area contributed by atoms with Crippen LogP contribution in [0.2, 0.25) is 0 Å². The molecule has 5 nitrogen and oxygen atoms in total. The Kier molecular flexibility index (Phi) is 5.86. The number of hydrogen-bond donors (Lipinski definition) is 1. The summed E-state index contributed by atoms with van der Waals surface area (Å²) in [5.41, 5.74) is 5.17. The number of anilines is 1. The molecule has 5 heteroatoms. The van der Waals surface area contributed by atoms with Gasteiger partial charge in [-0.2, -0.15) is 5.10 Å². The van der Waals surface area contributed by atoms with Crippen molar-refractivity contribution in [3.8, 4) is 11.5 Å². The number of rotatable bonds is 6. The summed E-state index contributed by atoms with van der Waals surface area (Å²) >= 11 is 0. The maximum Gasteiger partial charge on any atom is 0.271 e. The lowest BCUT2D eigenvalue weighted by atomic mass is 10.2. The number of ether oxygens (including phenoxy) is 1. The Morgan fingerprint density at radius 1 is 0.897 bits per heavy atom. The van der Waals surface area contributed by atoms with Crippen LogP contribution >= 0.6 is 0 Å². The molecule has 3 aromatic rings. The van der Waals surface area contributed by atoms with Gasteiger partial charge in [0.1, 0.15) is 11.5 Å². The molecule has 0 radical (unpaired) electrons. The van der Waals surface area contributed by atoms with Crippen molar-refractivity contribution in [1.29, 1.82) is 0 Å². The number of hydrazone groups is 1. The predicted molar refractivity (Wildman–Crippen MR) is 116 cm³/mol. The lowest BCUT2D eigenvalue weighted by Crippen LogP contribution is -2.19. The van der Waals surface area contributed by atoms with Crippen LogP contribution < -0.4 is 15.1 Å². The third-order valence-corrected chi connectivity index (χ3v) is 4.82. The van der Waals surface area contributed by atoms with Gasteiger partial charge in [-0.25, -0.2) is 5.43 Å². The zero-order valence-electron chi connectivity index (χ0n) is 16.1. The highest BCUT2D eigenvalue weighted by atomic mass is 16.5. The van der Waals surface area contributed by atoms with Crippen molar-refractivity contribution >= 4 is 17.8 Å². The number of amides is 1. The zero-order valence-corrected chi connectivity index (χ0v) is 16.1. The van der Waals surface area contributed by atoms with Gasteiger partial charge in [0.2, 0.25) is 0 Å². The van der Waals surface area contributed by atoms with Gasteiger partial charge < -0.3 is 9.64 Å². The highest BCUT2D eigenvalue weighted by Crippen LogP contribution is 2.22. The van der Waals surface area contributed by atoms with Gasteiger partial charge in [0.25, 0.3) is 5.91 Å². The topological polar surface area (TPSA) is 53.9 Å². The second-order valence-electron chi connectivity index (χ2n) is 6.93. The van der Waals surface area contributed by atoms with Gasteiger partial charge >= 0.3 is 0 Å². The highest BCUT2D eigenvalue weighted by molar-refractivity contribution is 5.95. The molecule has 0 aliphatic carbocycles. The number of benzene rings is 3. The fourth-order valence-electron chi connectivity index (χ4n) is 3.31. The van der Waals surface area contributed by atoms with Gasteiger partial charge in [-0.1, -0.05) is 30.3 Å². The van der Waals surface area contributed by atoms with Gasteiger partial charge in [-0.3, -0.25) is 4.79 Å². The zero-order chi connectivity index (χ0) is 19.9. The summed E-state index contributed by atoms with van der Waals surface area (Å²) in [5.74, 6) is 1.25. The first-order valence-corrected chi connectivity index (χ1v) is 9.79. The molecule has 0 atom stereocenters. The van der Waals surface area contributed by atoms with Crippen LogP contribution in [0, 0.1) is 0 Å². The van der Waals surface area contributed by atoms with Crippen LogP contribution in [0.3, 0.4) is 0 Å². The van der Waals surface area contributed by atoms with Crippen molar-refractivity contribution < 1.29 is 9.53 Å². The lowest BCUT2D eigenvalue weighted by molar-refractivity contribution is 0.0955. The average Bonchev–Trinajstić information content (AvgIpc) is 3.30. The van der Waals surface area contributed by atoms with E-state index in [1.165, 1.54) is 12.8 Å². The van der Waals surface area contributed by atoms with Gasteiger partial charge in [0.15, 0.2) is 0 Å². The Bertz CT molecular complexity index is 979. The van der Waals surface area contributed by atoms with E-state index in [-0.39, 0.29) is 5.91 Å². The molecule has 1 saturated heterocycles. The number of carbonyl (C=O) groups excluding carboxylic acids is 1. The molecule has 0 bridgehead atoms. The Morgan fingerprint density at radius 3 is 2.38 bits per heavy atom. The third kappa shape index (κ3) is 5.02. The standard InChI is InChI=1S/C24H23N3O2/c28-24(20-11-13-21(14-12-20)27-15-4-5-16-27)26-25-18-19-7-6-10-23(17-19)29-22-8-2-1-3-9-22/h1-3,6-14,17-18H,4-5,15-16H2,(H,26,28)/b25-18-. The largest absolute Gasteiger partial charge is 0.457 e. The quantitative estimate of drug-likeness (QED) is 0.488. The van der Waals surface area contributed by atoms with Crippen molar-refractivity contribution in [2.45, 2.75) is 12.8 Å². The fraction of sp³-hybridized carbons (Fsp3) is 0.167. The molecule has 4 rings (SSSR count). The average molecular weight is 385 g/mol. The second-order valence-corrected chi connectivity index (χ2v) is 6.93. The summed E-state index contributed by atoms with van der Waals surface area (Å²) in [6, 6.07) is 24.8. The van der Waals surface area contributed by atoms with Gasteiger partial charge in [-0.15, -0.1) is 0 Å². The molecule has 1 fully saturated rings. The van der Waals surface area contributed by atoms with E-state index < -0.39 is 0 Å². The molecule has 3 aromatic carbocycles. The second kappa shape index (κ2) is 9.06. The molecule has 29 heavy (non-hydrogen) atoms. The highest BCUT2D eigenvalue weighted by Gasteiger charge is 2.12. The summed E-state index contributed by atoms with van der Waals surface area (Å²) < 4.78 is 5.82. The number of carbonyl (C=O) groups is 1. The molecular weight excluding hydrogens is 362 g/mol. The van der Waals surface area contributed by atoms with Gasteiger partial charge in [0, 0.05) is 24.3 Å². The van der Waals surface area contributed by atoms with Crippen molar-refractivity contribution in [2.75, 3.05) is 18.0 Å². The molecule has 1 amide bonds. The van der Waals surface area contributed by atoms with Gasteiger partial charge in [0.05, 0.1) is 6.21 Å². The van der Waals surface area contributed by atoms with E-state index in [1.54, 1.807) is 6.21 Å². The molecule has 0 saturated carbocycles. The van der Waals surface area contributed by atoms with Crippen molar-refractivity contribution in [3.63, 3.8) is 0 Å². The summed E-state index contributed by atoms with van der Waals surface area (Å²) in [7, 11) is 0. The number of nitrogens with one attached hydrogen (secondary N) is 1. The monoisotopic (exact) mass is 385 g/mol. The minimum atomic E-state index is -0.231. The minimum absolute atomic E-state index is 0.231. The van der Waals surface area contributed by atoms with Crippen LogP contribution in [0.1, 0.15) is 28.8 Å². The van der Waals surface area contributed by atoms with E-state index in [9.17, 15) is 4.79 Å². The van der Waals surface area contributed by atoms with Crippen molar-refractivity contribution in [3.05, 3.63) is 90.0 Å². The van der Waals surface area contributed by atoms with E-state index >= 15 is 0 Å². The van der Waals surface area contributed by atoms with E-state index in [0.717, 1.165) is 30.1 Å². The first-order valence-electron chi connectivity index (χ1n) is 9.79. The van der Waals surface area contributed by atoms with Crippen LogP contribution in [0.15, 0.2) is 84.0 Å².